The summed E-state index contributed by atoms with van der Waals surface area (Å²) in [6.07, 6.45) is 3.63. The van der Waals surface area contributed by atoms with Crippen LogP contribution in [0.4, 0.5) is 10.2 Å². The maximum absolute atomic E-state index is 13.5. The zero-order chi connectivity index (χ0) is 25.3. The molecule has 1 aliphatic heterocycles. The zero-order valence-electron chi connectivity index (χ0n) is 19.7. The first-order chi connectivity index (χ1) is 17.4. The number of anilines is 1. The molecular weight excluding hydrogens is 485 g/mol. The fourth-order valence-electron chi connectivity index (χ4n) is 4.54. The first-order valence-electron chi connectivity index (χ1n) is 11.7. The molecule has 36 heavy (non-hydrogen) atoms. The van der Waals surface area contributed by atoms with Crippen molar-refractivity contribution in [3.63, 3.8) is 0 Å². The Morgan fingerprint density at radius 3 is 2.64 bits per heavy atom. The van der Waals surface area contributed by atoms with E-state index in [1.165, 1.54) is 25.4 Å². The number of rotatable bonds is 7. The Balaban J connectivity index is 1.31. The van der Waals surface area contributed by atoms with Crippen LogP contribution < -0.4 is 15.0 Å². The van der Waals surface area contributed by atoms with Crippen LogP contribution >= 0.6 is 11.6 Å². The molecule has 3 aromatic rings. The maximum Gasteiger partial charge on any atom is 0.337 e. The van der Waals surface area contributed by atoms with Gasteiger partial charge in [-0.1, -0.05) is 29.8 Å². The summed E-state index contributed by atoms with van der Waals surface area (Å²) >= 11 is 6.22. The second-order valence-corrected chi connectivity index (χ2v) is 9.50. The number of aromatic nitrogens is 1. The van der Waals surface area contributed by atoms with E-state index in [9.17, 15) is 14.0 Å². The Bertz CT molecular complexity index is 1300. The monoisotopic (exact) mass is 509 g/mol. The number of ether oxygens (including phenoxy) is 2. The van der Waals surface area contributed by atoms with Crippen LogP contribution in [-0.2, 0) is 10.3 Å². The van der Waals surface area contributed by atoms with Gasteiger partial charge in [-0.25, -0.2) is 14.2 Å². The lowest BCUT2D eigenvalue weighted by Crippen LogP contribution is -2.36. The Kier molecular flexibility index (Phi) is 6.53. The van der Waals surface area contributed by atoms with Crippen molar-refractivity contribution in [3.8, 4) is 5.75 Å². The number of pyridine rings is 1. The number of hydrogen-bond acceptors (Lipinski definition) is 6. The van der Waals surface area contributed by atoms with E-state index in [-0.39, 0.29) is 17.8 Å². The van der Waals surface area contributed by atoms with Gasteiger partial charge >= 0.3 is 5.97 Å². The summed E-state index contributed by atoms with van der Waals surface area (Å²) in [6, 6.07) is 14.7. The quantitative estimate of drug-likeness (QED) is 0.463. The third-order valence-corrected chi connectivity index (χ3v) is 6.79. The minimum atomic E-state index is -0.501. The molecule has 0 spiro atoms. The van der Waals surface area contributed by atoms with Crippen LogP contribution in [0.5, 0.6) is 5.75 Å². The van der Waals surface area contributed by atoms with Crippen molar-refractivity contribution < 1.29 is 23.5 Å². The summed E-state index contributed by atoms with van der Waals surface area (Å²) in [6.45, 7) is 1.14. The highest BCUT2D eigenvalue weighted by Gasteiger charge is 2.46. The summed E-state index contributed by atoms with van der Waals surface area (Å²) in [5, 5.41) is 3.52. The lowest BCUT2D eigenvalue weighted by Gasteiger charge is -2.23. The van der Waals surface area contributed by atoms with Crippen LogP contribution in [0, 0.1) is 5.82 Å². The fourth-order valence-corrected chi connectivity index (χ4v) is 4.70. The molecule has 1 saturated heterocycles. The molecular formula is C27H25ClFN3O4. The number of halogens is 2. The van der Waals surface area contributed by atoms with E-state index in [1.807, 2.05) is 17.0 Å². The first-order valence-corrected chi connectivity index (χ1v) is 12.1. The van der Waals surface area contributed by atoms with E-state index >= 15 is 0 Å². The first kappa shape index (κ1) is 24.1. The Hall–Kier alpha value is -3.65. The van der Waals surface area contributed by atoms with Gasteiger partial charge in [-0.05, 0) is 48.7 Å². The highest BCUT2D eigenvalue weighted by atomic mass is 35.5. The van der Waals surface area contributed by atoms with Gasteiger partial charge in [0.15, 0.2) is 0 Å². The van der Waals surface area contributed by atoms with Crippen molar-refractivity contribution in [2.75, 3.05) is 25.1 Å². The molecule has 7 nitrogen and oxygen atoms in total. The molecule has 1 N–H and O–H groups in total. The lowest BCUT2D eigenvalue weighted by atomic mass is 10.0. The maximum atomic E-state index is 13.5. The Morgan fingerprint density at radius 1 is 1.17 bits per heavy atom. The second kappa shape index (κ2) is 9.78. The number of nitrogens with zero attached hydrogens (tertiary/aromatic N) is 2. The molecule has 2 aliphatic rings. The van der Waals surface area contributed by atoms with Crippen molar-refractivity contribution in [3.05, 3.63) is 88.3 Å². The van der Waals surface area contributed by atoms with Crippen LogP contribution in [0.2, 0.25) is 5.02 Å². The normalized spacial score (nSPS) is 18.0. The van der Waals surface area contributed by atoms with Crippen LogP contribution in [0.1, 0.15) is 45.5 Å². The standard InChI is InChI=1S/C27H25ClFN3O4/c1-35-26(34)17-5-7-18(8-6-17)27(10-11-27)31-25(33)23-13-19(28)15-30-24(23)32-12-9-22(16-32)36-21-4-2-3-20(29)14-21/h2-8,13-15,22H,9-12,16H2,1H3,(H,31,33)/t22-/m0/s1. The molecule has 1 aliphatic carbocycles. The van der Waals surface area contributed by atoms with Crippen molar-refractivity contribution in [2.24, 2.45) is 0 Å². The SMILES string of the molecule is COC(=O)c1ccc(C2(NC(=O)c3cc(Cl)cnc3N3CC[C@H](Oc4cccc(F)c4)C3)CC2)cc1. The van der Waals surface area contributed by atoms with Gasteiger partial charge in [0, 0.05) is 25.2 Å². The van der Waals surface area contributed by atoms with Crippen LogP contribution in [0.25, 0.3) is 0 Å². The molecule has 2 heterocycles. The molecule has 0 bridgehead atoms. The number of carbonyl (C=O) groups excluding carboxylic acids is 2. The summed E-state index contributed by atoms with van der Waals surface area (Å²) in [5.41, 5.74) is 1.25. The van der Waals surface area contributed by atoms with Gasteiger partial charge in [0.2, 0.25) is 0 Å². The summed E-state index contributed by atoms with van der Waals surface area (Å²) < 4.78 is 24.2. The molecule has 1 saturated carbocycles. The van der Waals surface area contributed by atoms with Gasteiger partial charge in [0.25, 0.3) is 5.91 Å². The van der Waals surface area contributed by atoms with Crippen LogP contribution in [0.3, 0.4) is 0 Å². The molecule has 9 heteroatoms. The van der Waals surface area contributed by atoms with E-state index in [1.54, 1.807) is 30.3 Å². The van der Waals surface area contributed by atoms with Gasteiger partial charge in [0.05, 0.1) is 35.3 Å². The minimum absolute atomic E-state index is 0.164. The van der Waals surface area contributed by atoms with Gasteiger partial charge < -0.3 is 19.7 Å². The summed E-state index contributed by atoms with van der Waals surface area (Å²) in [5.74, 6) is -0.0362. The summed E-state index contributed by atoms with van der Waals surface area (Å²) in [7, 11) is 1.34. The average Bonchev–Trinajstić information content (AvgIpc) is 3.52. The van der Waals surface area contributed by atoms with Gasteiger partial charge in [-0.2, -0.15) is 0 Å². The van der Waals surface area contributed by atoms with E-state index < -0.39 is 11.5 Å². The highest BCUT2D eigenvalue weighted by Crippen LogP contribution is 2.46. The van der Waals surface area contributed by atoms with Crippen LogP contribution in [-0.4, -0.2) is 43.2 Å². The molecule has 2 aromatic carbocycles. The number of hydrogen-bond donors (Lipinski definition) is 1. The second-order valence-electron chi connectivity index (χ2n) is 9.06. The number of carbonyl (C=O) groups is 2. The third-order valence-electron chi connectivity index (χ3n) is 6.58. The molecule has 1 aromatic heterocycles. The molecule has 186 valence electrons. The Labute approximate surface area is 213 Å². The molecule has 2 fully saturated rings. The number of benzene rings is 2. The summed E-state index contributed by atoms with van der Waals surface area (Å²) in [4.78, 5) is 31.7. The lowest BCUT2D eigenvalue weighted by molar-refractivity contribution is 0.0600. The van der Waals surface area contributed by atoms with E-state index in [2.05, 4.69) is 10.3 Å². The topological polar surface area (TPSA) is 80.8 Å². The van der Waals surface area contributed by atoms with Gasteiger partial charge in [-0.3, -0.25) is 4.79 Å². The number of esters is 1. The van der Waals surface area contributed by atoms with Gasteiger partial charge in [-0.15, -0.1) is 0 Å². The van der Waals surface area contributed by atoms with Crippen molar-refractivity contribution in [1.29, 1.82) is 0 Å². The van der Waals surface area contributed by atoms with E-state index in [0.717, 1.165) is 18.4 Å². The average molecular weight is 510 g/mol. The van der Waals surface area contributed by atoms with Crippen molar-refractivity contribution in [2.45, 2.75) is 30.9 Å². The van der Waals surface area contributed by atoms with Crippen LogP contribution in [0.15, 0.2) is 60.8 Å². The van der Waals surface area contributed by atoms with E-state index in [4.69, 9.17) is 21.1 Å². The molecule has 0 radical (unpaired) electrons. The third kappa shape index (κ3) is 4.99. The molecule has 0 unspecified atom stereocenters. The molecule has 1 amide bonds. The number of methoxy groups -OCH3 is 1. The zero-order valence-corrected chi connectivity index (χ0v) is 20.4. The minimum Gasteiger partial charge on any atom is -0.488 e. The highest BCUT2D eigenvalue weighted by molar-refractivity contribution is 6.31. The fraction of sp³-hybridized carbons (Fsp3) is 0.296. The van der Waals surface area contributed by atoms with Crippen molar-refractivity contribution in [1.82, 2.24) is 10.3 Å². The van der Waals surface area contributed by atoms with Gasteiger partial charge in [0.1, 0.15) is 23.5 Å². The Morgan fingerprint density at radius 2 is 1.94 bits per heavy atom. The van der Waals surface area contributed by atoms with Crippen molar-refractivity contribution >= 4 is 29.3 Å². The smallest absolute Gasteiger partial charge is 0.337 e. The van der Waals surface area contributed by atoms with E-state index in [0.29, 0.717) is 47.2 Å². The largest absolute Gasteiger partial charge is 0.488 e. The molecule has 5 rings (SSSR count). The number of nitrogens with one attached hydrogen (secondary N) is 1. The number of amides is 1. The predicted octanol–water partition coefficient (Wildman–Crippen LogP) is 4.74. The predicted molar refractivity (Wildman–Crippen MR) is 133 cm³/mol. The molecule has 1 atom stereocenters.